The molecule has 0 spiro atoms. The van der Waals surface area contributed by atoms with E-state index in [4.69, 9.17) is 5.10 Å². The van der Waals surface area contributed by atoms with Crippen molar-refractivity contribution in [2.45, 2.75) is 13.0 Å². The second-order valence-corrected chi connectivity index (χ2v) is 8.33. The van der Waals surface area contributed by atoms with Gasteiger partial charge in [-0.05, 0) is 30.2 Å². The summed E-state index contributed by atoms with van der Waals surface area (Å²) < 4.78 is 2.99. The van der Waals surface area contributed by atoms with Crippen LogP contribution >= 0.6 is 15.9 Å². The van der Waals surface area contributed by atoms with Crippen LogP contribution in [0.1, 0.15) is 17.5 Å². The van der Waals surface area contributed by atoms with Gasteiger partial charge < -0.3 is 4.98 Å². The number of fused-ring (bicyclic) bond motifs is 1. The topological polar surface area (TPSA) is 49.7 Å². The lowest BCUT2D eigenvalue weighted by Crippen LogP contribution is -2.28. The molecule has 1 aliphatic heterocycles. The molecule has 4 aromatic rings. The van der Waals surface area contributed by atoms with E-state index in [0.717, 1.165) is 47.4 Å². The van der Waals surface area contributed by atoms with Crippen molar-refractivity contribution >= 4 is 32.5 Å². The number of benzene rings is 1. The highest BCUT2D eigenvalue weighted by atomic mass is 79.9. The second-order valence-electron chi connectivity index (χ2n) is 7.47. The van der Waals surface area contributed by atoms with Gasteiger partial charge in [0.05, 0.1) is 5.69 Å². The number of aryl methyl sites for hydroxylation is 1. The largest absolute Gasteiger partial charge is 0.346 e. The van der Waals surface area contributed by atoms with Crippen LogP contribution in [-0.2, 0) is 13.6 Å². The number of hydrogen-bond acceptors (Lipinski definition) is 3. The molecule has 0 amide bonds. The second kappa shape index (κ2) is 7.61. The number of pyridine rings is 1. The average Bonchev–Trinajstić information content (AvgIpc) is 3.32. The minimum atomic E-state index is 0.893. The number of aromatic amines is 1. The first-order valence-corrected chi connectivity index (χ1v) is 10.6. The van der Waals surface area contributed by atoms with Crippen molar-refractivity contribution in [2.75, 3.05) is 13.1 Å². The molecule has 1 aromatic carbocycles. The third-order valence-electron chi connectivity index (χ3n) is 5.52. The molecular formula is C23H22BrN5. The van der Waals surface area contributed by atoms with Crippen molar-refractivity contribution in [1.82, 2.24) is 24.6 Å². The molecule has 146 valence electrons. The molecule has 0 fully saturated rings. The molecule has 5 nitrogen and oxygen atoms in total. The molecular weight excluding hydrogens is 426 g/mol. The monoisotopic (exact) mass is 447 g/mol. The standard InChI is InChI=1S/C23H22BrN5/c1-28-14-17(22(27-28)19-5-2-3-7-21(19)24)15-29-11-8-16(9-12-29)20-13-26-23-18(20)6-4-10-25-23/h2-8,10,13-14H,9,11-12,15H2,1H3,(H,25,26). The first-order valence-electron chi connectivity index (χ1n) is 9.80. The Morgan fingerprint density at radius 3 is 2.86 bits per heavy atom. The minimum absolute atomic E-state index is 0.893. The van der Waals surface area contributed by atoms with E-state index in [1.54, 1.807) is 0 Å². The summed E-state index contributed by atoms with van der Waals surface area (Å²) in [7, 11) is 1.99. The number of halogens is 1. The van der Waals surface area contributed by atoms with Gasteiger partial charge in [-0.1, -0.05) is 40.2 Å². The fraction of sp³-hybridized carbons (Fsp3) is 0.217. The van der Waals surface area contributed by atoms with Crippen LogP contribution in [-0.4, -0.2) is 37.7 Å². The molecule has 6 heteroatoms. The van der Waals surface area contributed by atoms with Crippen molar-refractivity contribution in [3.05, 3.63) is 76.7 Å². The predicted octanol–water partition coefficient (Wildman–Crippen LogP) is 5.02. The van der Waals surface area contributed by atoms with Gasteiger partial charge in [0.2, 0.25) is 0 Å². The van der Waals surface area contributed by atoms with E-state index in [-0.39, 0.29) is 0 Å². The summed E-state index contributed by atoms with van der Waals surface area (Å²) in [5.74, 6) is 0. The first kappa shape index (κ1) is 18.3. The Bertz CT molecular complexity index is 1200. The van der Waals surface area contributed by atoms with Gasteiger partial charge in [-0.2, -0.15) is 5.10 Å². The van der Waals surface area contributed by atoms with Crippen LogP contribution in [0, 0.1) is 0 Å². The van der Waals surface area contributed by atoms with Gasteiger partial charge in [-0.25, -0.2) is 4.98 Å². The fourth-order valence-electron chi connectivity index (χ4n) is 4.10. The maximum atomic E-state index is 4.73. The van der Waals surface area contributed by atoms with Crippen molar-refractivity contribution in [3.8, 4) is 11.3 Å². The molecule has 0 saturated heterocycles. The SMILES string of the molecule is Cn1cc(CN2CC=C(c3c[nH]c4ncccc34)CC2)c(-c2ccccc2Br)n1. The summed E-state index contributed by atoms with van der Waals surface area (Å²) in [5, 5.41) is 5.93. The van der Waals surface area contributed by atoms with E-state index in [0.29, 0.717) is 0 Å². The molecule has 3 aromatic heterocycles. The van der Waals surface area contributed by atoms with Crippen LogP contribution in [0.2, 0.25) is 0 Å². The van der Waals surface area contributed by atoms with Gasteiger partial charge in [-0.3, -0.25) is 9.58 Å². The normalized spacial score (nSPS) is 15.0. The highest BCUT2D eigenvalue weighted by Crippen LogP contribution is 2.32. The number of aromatic nitrogens is 4. The van der Waals surface area contributed by atoms with Gasteiger partial charge in [0.15, 0.2) is 0 Å². The summed E-state index contributed by atoms with van der Waals surface area (Å²) >= 11 is 3.67. The van der Waals surface area contributed by atoms with Crippen LogP contribution < -0.4 is 0 Å². The molecule has 0 bridgehead atoms. The lowest BCUT2D eigenvalue weighted by atomic mass is 9.99. The van der Waals surface area contributed by atoms with Gasteiger partial charge in [0.1, 0.15) is 5.65 Å². The van der Waals surface area contributed by atoms with Gasteiger partial charge in [-0.15, -0.1) is 0 Å². The third kappa shape index (κ3) is 3.54. The van der Waals surface area contributed by atoms with E-state index >= 15 is 0 Å². The number of rotatable bonds is 4. The fourth-order valence-corrected chi connectivity index (χ4v) is 4.57. The maximum Gasteiger partial charge on any atom is 0.137 e. The molecule has 29 heavy (non-hydrogen) atoms. The van der Waals surface area contributed by atoms with Gasteiger partial charge in [0.25, 0.3) is 0 Å². The van der Waals surface area contributed by atoms with Crippen LogP contribution in [0.5, 0.6) is 0 Å². The van der Waals surface area contributed by atoms with E-state index in [1.807, 2.05) is 30.1 Å². The lowest BCUT2D eigenvalue weighted by Gasteiger charge is -2.26. The van der Waals surface area contributed by atoms with E-state index in [9.17, 15) is 0 Å². The third-order valence-corrected chi connectivity index (χ3v) is 6.21. The molecule has 0 atom stereocenters. The Balaban J connectivity index is 1.37. The van der Waals surface area contributed by atoms with Crippen LogP contribution in [0.15, 0.2) is 65.5 Å². The maximum absolute atomic E-state index is 4.73. The summed E-state index contributed by atoms with van der Waals surface area (Å²) in [5.41, 5.74) is 7.09. The van der Waals surface area contributed by atoms with E-state index < -0.39 is 0 Å². The molecule has 0 radical (unpaired) electrons. The Labute approximate surface area is 178 Å². The van der Waals surface area contributed by atoms with E-state index in [1.165, 1.54) is 22.1 Å². The first-order chi connectivity index (χ1) is 14.2. The molecule has 4 heterocycles. The molecule has 1 aliphatic rings. The molecule has 5 rings (SSSR count). The van der Waals surface area contributed by atoms with Crippen molar-refractivity contribution in [3.63, 3.8) is 0 Å². The zero-order valence-electron chi connectivity index (χ0n) is 16.3. The molecule has 0 aliphatic carbocycles. The number of hydrogen-bond donors (Lipinski definition) is 1. The Morgan fingerprint density at radius 1 is 1.14 bits per heavy atom. The zero-order chi connectivity index (χ0) is 19.8. The average molecular weight is 448 g/mol. The molecule has 0 unspecified atom stereocenters. The van der Waals surface area contributed by atoms with E-state index in [2.05, 4.69) is 73.5 Å². The van der Waals surface area contributed by atoms with Crippen molar-refractivity contribution in [1.29, 1.82) is 0 Å². The van der Waals surface area contributed by atoms with Gasteiger partial charge >= 0.3 is 0 Å². The van der Waals surface area contributed by atoms with Crippen molar-refractivity contribution in [2.24, 2.45) is 7.05 Å². The summed E-state index contributed by atoms with van der Waals surface area (Å²) in [4.78, 5) is 10.2. The highest BCUT2D eigenvalue weighted by molar-refractivity contribution is 9.10. The summed E-state index contributed by atoms with van der Waals surface area (Å²) in [6.45, 7) is 2.86. The Morgan fingerprint density at radius 2 is 2.03 bits per heavy atom. The summed E-state index contributed by atoms with van der Waals surface area (Å²) in [6.07, 6.45) is 9.45. The number of nitrogens with zero attached hydrogens (tertiary/aromatic N) is 4. The summed E-state index contributed by atoms with van der Waals surface area (Å²) in [6, 6.07) is 12.4. The predicted molar refractivity (Wildman–Crippen MR) is 120 cm³/mol. The lowest BCUT2D eigenvalue weighted by molar-refractivity contribution is 0.294. The Kier molecular flexibility index (Phi) is 4.81. The quantitative estimate of drug-likeness (QED) is 0.477. The van der Waals surface area contributed by atoms with Gasteiger partial charge in [0, 0.05) is 71.8 Å². The zero-order valence-corrected chi connectivity index (χ0v) is 17.9. The van der Waals surface area contributed by atoms with Crippen LogP contribution in [0.25, 0.3) is 27.9 Å². The van der Waals surface area contributed by atoms with Crippen LogP contribution in [0.4, 0.5) is 0 Å². The number of nitrogens with one attached hydrogen (secondary N) is 1. The Hall–Kier alpha value is -2.70. The number of H-pyrrole nitrogens is 1. The molecule has 0 saturated carbocycles. The minimum Gasteiger partial charge on any atom is -0.346 e. The molecule has 1 N–H and O–H groups in total. The van der Waals surface area contributed by atoms with Crippen LogP contribution in [0.3, 0.4) is 0 Å². The smallest absolute Gasteiger partial charge is 0.137 e. The van der Waals surface area contributed by atoms with Crippen molar-refractivity contribution < 1.29 is 0 Å². The highest BCUT2D eigenvalue weighted by Gasteiger charge is 2.19.